The van der Waals surface area contributed by atoms with E-state index in [1.54, 1.807) is 12.2 Å². The number of carbonyl (C=O) groups excluding carboxylic acids is 1. The van der Waals surface area contributed by atoms with Crippen molar-refractivity contribution in [2.24, 2.45) is 11.8 Å². The monoisotopic (exact) mass is 418 g/mol. The van der Waals surface area contributed by atoms with Crippen LogP contribution in [-0.4, -0.2) is 28.1 Å². The van der Waals surface area contributed by atoms with Crippen LogP contribution in [0.3, 0.4) is 0 Å². The Morgan fingerprint density at radius 1 is 1.24 bits per heavy atom. The molecule has 29 heavy (non-hydrogen) atoms. The number of aliphatic carboxylic acids is 1. The van der Waals surface area contributed by atoms with Crippen LogP contribution in [0.2, 0.25) is 0 Å². The van der Waals surface area contributed by atoms with Crippen LogP contribution in [0.15, 0.2) is 42.5 Å². The van der Waals surface area contributed by atoms with Gasteiger partial charge in [0.15, 0.2) is 0 Å². The molecule has 0 bridgehead atoms. The van der Waals surface area contributed by atoms with Crippen LogP contribution in [0.1, 0.15) is 55.9 Å². The summed E-state index contributed by atoms with van der Waals surface area (Å²) < 4.78 is 15.5. The number of hydrogen-bond donors (Lipinski definition) is 2. The van der Waals surface area contributed by atoms with Crippen LogP contribution >= 0.6 is 11.3 Å². The number of ketones is 1. The molecule has 0 spiro atoms. The molecule has 1 heterocycles. The summed E-state index contributed by atoms with van der Waals surface area (Å²) in [4.78, 5) is 23.6. The molecule has 3 rings (SSSR count). The van der Waals surface area contributed by atoms with E-state index < -0.39 is 24.2 Å². The lowest BCUT2D eigenvalue weighted by Crippen LogP contribution is -2.16. The number of carboxylic acid groups (broad SMARTS) is 1. The van der Waals surface area contributed by atoms with Gasteiger partial charge in [-0.15, -0.1) is 11.3 Å². The van der Waals surface area contributed by atoms with Crippen LogP contribution in [0, 0.1) is 11.8 Å². The van der Waals surface area contributed by atoms with E-state index in [1.807, 2.05) is 30.3 Å². The standard InChI is InChI=1S/C23H27FO4S/c24-18-14-20(26)17(8-3-1-2-4-10-23(27)28)16(18)11-12-19(25)22-13-15-7-5-6-9-21(15)29-22/h5-7,9,11-13,16-19,25H,1-4,8,10,14H2,(H,27,28)/t16-,17-,18-,19-/m1/s1. The molecule has 0 radical (unpaired) electrons. The number of carbonyl (C=O) groups is 2. The summed E-state index contributed by atoms with van der Waals surface area (Å²) >= 11 is 1.51. The third kappa shape index (κ3) is 5.73. The Morgan fingerprint density at radius 3 is 2.76 bits per heavy atom. The van der Waals surface area contributed by atoms with Gasteiger partial charge in [0.2, 0.25) is 0 Å². The SMILES string of the molecule is O=C(O)CCCCCC[C@H]1C(=O)C[C@@H](F)[C@@H]1C=C[C@@H](O)c1cc2ccccc2s1. The second kappa shape index (κ2) is 10.1. The average Bonchev–Trinajstić information content (AvgIpc) is 3.23. The third-order valence-corrected chi connectivity index (χ3v) is 6.79. The summed E-state index contributed by atoms with van der Waals surface area (Å²) in [6.07, 6.45) is 5.05. The zero-order valence-electron chi connectivity index (χ0n) is 16.3. The predicted molar refractivity (Wildman–Crippen MR) is 113 cm³/mol. The van der Waals surface area contributed by atoms with E-state index in [4.69, 9.17) is 5.11 Å². The summed E-state index contributed by atoms with van der Waals surface area (Å²) in [5.41, 5.74) is 0. The number of fused-ring (bicyclic) bond motifs is 1. The van der Waals surface area contributed by atoms with E-state index in [0.717, 1.165) is 34.2 Å². The number of unbranched alkanes of at least 4 members (excludes halogenated alkanes) is 3. The number of Topliss-reactive ketones (excluding diaryl/α,β-unsaturated/α-hetero) is 1. The van der Waals surface area contributed by atoms with Gasteiger partial charge in [0.1, 0.15) is 18.1 Å². The Labute approximate surface area is 174 Å². The highest BCUT2D eigenvalue weighted by molar-refractivity contribution is 7.19. The molecule has 0 amide bonds. The number of halogens is 1. The molecule has 6 heteroatoms. The Bertz CT molecular complexity index is 842. The van der Waals surface area contributed by atoms with Crippen molar-refractivity contribution in [3.8, 4) is 0 Å². The molecule has 1 aliphatic carbocycles. The summed E-state index contributed by atoms with van der Waals surface area (Å²) in [6.45, 7) is 0. The van der Waals surface area contributed by atoms with Crippen molar-refractivity contribution in [3.63, 3.8) is 0 Å². The van der Waals surface area contributed by atoms with Crippen molar-refractivity contribution in [2.75, 3.05) is 0 Å². The van der Waals surface area contributed by atoms with Gasteiger partial charge in [-0.25, -0.2) is 4.39 Å². The topological polar surface area (TPSA) is 74.6 Å². The molecule has 156 valence electrons. The molecule has 2 aromatic rings. The summed E-state index contributed by atoms with van der Waals surface area (Å²) in [5, 5.41) is 20.2. The number of hydrogen-bond acceptors (Lipinski definition) is 4. The predicted octanol–water partition coefficient (Wildman–Crippen LogP) is 5.46. The van der Waals surface area contributed by atoms with Gasteiger partial charge in [0, 0.05) is 34.3 Å². The highest BCUT2D eigenvalue weighted by Crippen LogP contribution is 2.37. The summed E-state index contributed by atoms with van der Waals surface area (Å²) in [7, 11) is 0. The van der Waals surface area contributed by atoms with Crippen LogP contribution in [0.5, 0.6) is 0 Å². The number of alkyl halides is 1. The first-order chi connectivity index (χ1) is 14.0. The molecular formula is C23H27FO4S. The first-order valence-corrected chi connectivity index (χ1v) is 11.0. The van der Waals surface area contributed by atoms with Crippen molar-refractivity contribution in [1.82, 2.24) is 0 Å². The quantitative estimate of drug-likeness (QED) is 0.397. The fourth-order valence-corrected chi connectivity index (χ4v) is 5.06. The molecule has 4 nitrogen and oxygen atoms in total. The normalized spacial score (nSPS) is 23.2. The van der Waals surface area contributed by atoms with Crippen molar-refractivity contribution < 1.29 is 24.2 Å². The molecular weight excluding hydrogens is 391 g/mol. The minimum absolute atomic E-state index is 0.0472. The van der Waals surface area contributed by atoms with Crippen LogP contribution in [0.4, 0.5) is 4.39 Å². The number of aliphatic hydroxyl groups is 1. The van der Waals surface area contributed by atoms with E-state index in [-0.39, 0.29) is 24.5 Å². The largest absolute Gasteiger partial charge is 0.481 e. The Hall–Kier alpha value is -2.05. The maximum absolute atomic E-state index is 14.4. The minimum Gasteiger partial charge on any atom is -0.481 e. The summed E-state index contributed by atoms with van der Waals surface area (Å²) in [5.74, 6) is -1.69. The van der Waals surface area contributed by atoms with Crippen molar-refractivity contribution in [3.05, 3.63) is 47.4 Å². The second-order valence-corrected chi connectivity index (χ2v) is 8.85. The van der Waals surface area contributed by atoms with Gasteiger partial charge in [-0.1, -0.05) is 49.6 Å². The van der Waals surface area contributed by atoms with Crippen LogP contribution in [0.25, 0.3) is 10.1 Å². The molecule has 1 aliphatic rings. The van der Waals surface area contributed by atoms with Crippen LogP contribution < -0.4 is 0 Å². The number of allylic oxidation sites excluding steroid dienone is 1. The number of thiophene rings is 1. The van der Waals surface area contributed by atoms with Crippen molar-refractivity contribution in [2.45, 2.75) is 57.2 Å². The zero-order valence-corrected chi connectivity index (χ0v) is 17.1. The van der Waals surface area contributed by atoms with E-state index in [2.05, 4.69) is 0 Å². The molecule has 1 saturated carbocycles. The molecule has 1 fully saturated rings. The highest BCUT2D eigenvalue weighted by Gasteiger charge is 2.40. The number of carboxylic acids is 1. The fourth-order valence-electron chi connectivity index (χ4n) is 4.03. The number of aliphatic hydroxyl groups excluding tert-OH is 1. The van der Waals surface area contributed by atoms with Gasteiger partial charge in [-0.2, -0.15) is 0 Å². The van der Waals surface area contributed by atoms with Crippen molar-refractivity contribution in [1.29, 1.82) is 0 Å². The van der Waals surface area contributed by atoms with E-state index in [0.29, 0.717) is 12.8 Å². The Morgan fingerprint density at radius 2 is 2.00 bits per heavy atom. The second-order valence-electron chi connectivity index (χ2n) is 7.73. The summed E-state index contributed by atoms with van der Waals surface area (Å²) in [6, 6.07) is 9.83. The molecule has 1 aromatic heterocycles. The number of benzene rings is 1. The van der Waals surface area contributed by atoms with E-state index in [1.165, 1.54) is 11.3 Å². The molecule has 0 unspecified atom stereocenters. The lowest BCUT2D eigenvalue weighted by molar-refractivity contribution is -0.137. The van der Waals surface area contributed by atoms with Gasteiger partial charge < -0.3 is 10.2 Å². The molecule has 0 aliphatic heterocycles. The van der Waals surface area contributed by atoms with Gasteiger partial charge in [-0.05, 0) is 30.4 Å². The fraction of sp³-hybridized carbons (Fsp3) is 0.478. The van der Waals surface area contributed by atoms with Gasteiger partial charge in [0.05, 0.1) is 0 Å². The van der Waals surface area contributed by atoms with E-state index >= 15 is 0 Å². The zero-order chi connectivity index (χ0) is 20.8. The van der Waals surface area contributed by atoms with Crippen molar-refractivity contribution >= 4 is 33.2 Å². The molecule has 0 saturated heterocycles. The lowest BCUT2D eigenvalue weighted by atomic mass is 9.89. The molecule has 4 atom stereocenters. The maximum atomic E-state index is 14.4. The Kier molecular flexibility index (Phi) is 7.56. The third-order valence-electron chi connectivity index (χ3n) is 5.60. The Balaban J connectivity index is 1.56. The van der Waals surface area contributed by atoms with Crippen LogP contribution in [-0.2, 0) is 9.59 Å². The first-order valence-electron chi connectivity index (χ1n) is 10.2. The number of rotatable bonds is 10. The minimum atomic E-state index is -1.20. The van der Waals surface area contributed by atoms with E-state index in [9.17, 15) is 19.1 Å². The molecule has 2 N–H and O–H groups in total. The molecule has 1 aromatic carbocycles. The highest BCUT2D eigenvalue weighted by atomic mass is 32.1. The maximum Gasteiger partial charge on any atom is 0.303 e. The van der Waals surface area contributed by atoms with Gasteiger partial charge in [-0.3, -0.25) is 9.59 Å². The average molecular weight is 419 g/mol. The van der Waals surface area contributed by atoms with Gasteiger partial charge >= 0.3 is 5.97 Å². The smallest absolute Gasteiger partial charge is 0.303 e. The first kappa shape index (κ1) is 21.7. The van der Waals surface area contributed by atoms with Gasteiger partial charge in [0.25, 0.3) is 0 Å². The lowest BCUT2D eigenvalue weighted by Gasteiger charge is -2.17.